The molecule has 3 aliphatic rings. The first kappa shape index (κ1) is 18.7. The molecule has 24 heavy (non-hydrogen) atoms. The van der Waals surface area contributed by atoms with Crippen molar-refractivity contribution in [1.29, 1.82) is 0 Å². The van der Waals surface area contributed by atoms with E-state index >= 15 is 0 Å². The Morgan fingerprint density at radius 3 is 2.38 bits per heavy atom. The molecular formula is C18H26O6. The van der Waals surface area contributed by atoms with Crippen LogP contribution < -0.4 is 0 Å². The number of carbonyl (C=O) groups is 2. The van der Waals surface area contributed by atoms with Crippen LogP contribution in [-0.4, -0.2) is 36.5 Å². The molecule has 134 valence electrons. The number of Topliss-reactive ketones (excluding diaryl/α,β-unsaturated/α-hetero) is 1. The average molecular weight is 338 g/mol. The monoisotopic (exact) mass is 338 g/mol. The summed E-state index contributed by atoms with van der Waals surface area (Å²) in [5.41, 5.74) is -0.691. The van der Waals surface area contributed by atoms with E-state index in [1.807, 2.05) is 26.0 Å². The Balaban J connectivity index is 2.25. The number of ketones is 1. The lowest BCUT2D eigenvalue weighted by Crippen LogP contribution is -2.45. The van der Waals surface area contributed by atoms with Crippen molar-refractivity contribution in [2.45, 2.75) is 52.4 Å². The molecule has 6 nitrogen and oxygen atoms in total. The number of hydrogen-bond donors (Lipinski definition) is 0. The highest BCUT2D eigenvalue weighted by Crippen LogP contribution is 2.42. The minimum Gasteiger partial charge on any atom is -0.428 e. The molecule has 2 unspecified atom stereocenters. The van der Waals surface area contributed by atoms with Gasteiger partial charge in [0.2, 0.25) is 5.78 Å². The van der Waals surface area contributed by atoms with E-state index in [1.54, 1.807) is 26.8 Å². The van der Waals surface area contributed by atoms with Crippen LogP contribution in [0.2, 0.25) is 0 Å². The fourth-order valence-corrected chi connectivity index (χ4v) is 2.99. The molecule has 0 N–H and O–H groups in total. The number of carbonyl (C=O) groups excluding carboxylic acids is 2. The maximum Gasteiger partial charge on any atom is 0.514 e. The van der Waals surface area contributed by atoms with E-state index in [4.69, 9.17) is 18.9 Å². The summed E-state index contributed by atoms with van der Waals surface area (Å²) in [6, 6.07) is 0. The summed E-state index contributed by atoms with van der Waals surface area (Å²) in [6.07, 6.45) is 4.81. The molecule has 0 radical (unpaired) electrons. The van der Waals surface area contributed by atoms with Gasteiger partial charge in [0.05, 0.1) is 5.92 Å². The first-order valence-electron chi connectivity index (χ1n) is 8.34. The first-order chi connectivity index (χ1) is 11.2. The van der Waals surface area contributed by atoms with Gasteiger partial charge in [0.25, 0.3) is 0 Å². The Bertz CT molecular complexity index is 548. The Morgan fingerprint density at radius 1 is 1.21 bits per heavy atom. The maximum atomic E-state index is 12.6. The molecule has 0 heterocycles. The van der Waals surface area contributed by atoms with Crippen LogP contribution in [-0.2, 0) is 23.7 Å². The smallest absolute Gasteiger partial charge is 0.428 e. The summed E-state index contributed by atoms with van der Waals surface area (Å²) in [6.45, 7) is 9.89. The molecule has 3 aliphatic carbocycles. The Labute approximate surface area is 142 Å². The molecule has 0 fully saturated rings. The fourth-order valence-electron chi connectivity index (χ4n) is 2.99. The molecular weight excluding hydrogens is 312 g/mol. The van der Waals surface area contributed by atoms with Crippen molar-refractivity contribution in [3.8, 4) is 0 Å². The highest BCUT2D eigenvalue weighted by Gasteiger charge is 2.48. The van der Waals surface area contributed by atoms with Crippen LogP contribution in [0.25, 0.3) is 0 Å². The van der Waals surface area contributed by atoms with Crippen molar-refractivity contribution in [1.82, 2.24) is 0 Å². The molecule has 0 amide bonds. The third-order valence-corrected chi connectivity index (χ3v) is 3.83. The lowest BCUT2D eigenvalue weighted by molar-refractivity contribution is -0.255. The number of ether oxygens (including phenoxy) is 4. The summed E-state index contributed by atoms with van der Waals surface area (Å²) >= 11 is 0. The van der Waals surface area contributed by atoms with Crippen molar-refractivity contribution in [3.63, 3.8) is 0 Å². The second-order valence-electron chi connectivity index (χ2n) is 6.86. The molecule has 6 heteroatoms. The standard InChI is InChI=1S/C18H26O6/c1-6-21-18(22-7-2)11-12-8-9-13(18)10-14(15(12)19)23-16(20)24-17(3,4)5/h8-10,12-13H,6-7,11H2,1-5H3. The zero-order valence-corrected chi connectivity index (χ0v) is 15.0. The molecule has 2 bridgehead atoms. The third-order valence-electron chi connectivity index (χ3n) is 3.83. The maximum absolute atomic E-state index is 12.6. The summed E-state index contributed by atoms with van der Waals surface area (Å²) in [7, 11) is 0. The van der Waals surface area contributed by atoms with Crippen molar-refractivity contribution in [2.75, 3.05) is 13.2 Å². The topological polar surface area (TPSA) is 71.1 Å². The first-order valence-corrected chi connectivity index (χ1v) is 8.34. The van der Waals surface area contributed by atoms with E-state index in [9.17, 15) is 9.59 Å². The zero-order chi connectivity index (χ0) is 18.0. The minimum absolute atomic E-state index is 0.00877. The Hall–Kier alpha value is -1.66. The van der Waals surface area contributed by atoms with Crippen molar-refractivity contribution >= 4 is 11.9 Å². The largest absolute Gasteiger partial charge is 0.514 e. The number of hydrogen-bond acceptors (Lipinski definition) is 6. The highest BCUT2D eigenvalue weighted by molar-refractivity contribution is 5.99. The number of rotatable bonds is 5. The van der Waals surface area contributed by atoms with Gasteiger partial charge in [0.15, 0.2) is 11.5 Å². The number of allylic oxidation sites excluding steroid dienone is 2. The lowest BCUT2D eigenvalue weighted by atomic mass is 9.84. The van der Waals surface area contributed by atoms with Gasteiger partial charge in [-0.3, -0.25) is 4.79 Å². The highest BCUT2D eigenvalue weighted by atomic mass is 16.7. The van der Waals surface area contributed by atoms with Crippen LogP contribution in [0, 0.1) is 11.8 Å². The van der Waals surface area contributed by atoms with E-state index < -0.39 is 23.5 Å². The van der Waals surface area contributed by atoms with Crippen LogP contribution in [0.5, 0.6) is 0 Å². The van der Waals surface area contributed by atoms with Gasteiger partial charge in [-0.25, -0.2) is 4.79 Å². The third kappa shape index (κ3) is 4.05. The van der Waals surface area contributed by atoms with Gasteiger partial charge < -0.3 is 18.9 Å². The van der Waals surface area contributed by atoms with Gasteiger partial charge in [-0.05, 0) is 40.7 Å². The quantitative estimate of drug-likeness (QED) is 0.435. The van der Waals surface area contributed by atoms with Crippen molar-refractivity contribution in [3.05, 3.63) is 24.0 Å². The predicted octanol–water partition coefficient (Wildman–Crippen LogP) is 3.37. The van der Waals surface area contributed by atoms with Crippen molar-refractivity contribution in [2.24, 2.45) is 11.8 Å². The van der Waals surface area contributed by atoms with Crippen LogP contribution in [0.3, 0.4) is 0 Å². The molecule has 0 aromatic heterocycles. The zero-order valence-electron chi connectivity index (χ0n) is 15.0. The molecule has 3 rings (SSSR count). The summed E-state index contributed by atoms with van der Waals surface area (Å²) < 4.78 is 22.0. The summed E-state index contributed by atoms with van der Waals surface area (Å²) in [5, 5.41) is 0. The Morgan fingerprint density at radius 2 is 1.83 bits per heavy atom. The van der Waals surface area contributed by atoms with Gasteiger partial charge in [-0.1, -0.05) is 12.2 Å². The van der Waals surface area contributed by atoms with Gasteiger partial charge in [0, 0.05) is 25.6 Å². The SMILES string of the molecule is CCOC1(OCC)CC2C=CC1C=C(OC(=O)OC(C)(C)C)C2=O. The van der Waals surface area contributed by atoms with E-state index in [0.717, 1.165) is 0 Å². The van der Waals surface area contributed by atoms with E-state index in [0.29, 0.717) is 19.6 Å². The van der Waals surface area contributed by atoms with Gasteiger partial charge in [-0.2, -0.15) is 0 Å². The molecule has 0 saturated heterocycles. The Kier molecular flexibility index (Phi) is 5.50. The molecule has 0 spiro atoms. The second-order valence-corrected chi connectivity index (χ2v) is 6.86. The van der Waals surface area contributed by atoms with Crippen LogP contribution >= 0.6 is 0 Å². The normalized spacial score (nSPS) is 25.2. The minimum atomic E-state index is -0.905. The van der Waals surface area contributed by atoms with Crippen molar-refractivity contribution < 1.29 is 28.5 Å². The molecule has 0 aromatic rings. The number of fused-ring (bicyclic) bond motifs is 2. The van der Waals surface area contributed by atoms with E-state index in [2.05, 4.69) is 0 Å². The van der Waals surface area contributed by atoms with Gasteiger partial charge >= 0.3 is 6.16 Å². The summed E-state index contributed by atoms with van der Waals surface area (Å²) in [4.78, 5) is 24.5. The molecule has 0 aromatic carbocycles. The second kappa shape index (κ2) is 7.07. The van der Waals surface area contributed by atoms with Gasteiger partial charge in [0.1, 0.15) is 5.60 Å². The average Bonchev–Trinajstić information content (AvgIpc) is 2.65. The van der Waals surface area contributed by atoms with Gasteiger partial charge in [-0.15, -0.1) is 0 Å². The molecule has 0 aliphatic heterocycles. The molecule has 0 saturated carbocycles. The molecule has 2 atom stereocenters. The summed E-state index contributed by atoms with van der Waals surface area (Å²) in [5.74, 6) is -1.93. The fraction of sp³-hybridized carbons (Fsp3) is 0.667. The van der Waals surface area contributed by atoms with Crippen LogP contribution in [0.4, 0.5) is 4.79 Å². The van der Waals surface area contributed by atoms with Crippen LogP contribution in [0.15, 0.2) is 24.0 Å². The van der Waals surface area contributed by atoms with E-state index in [-0.39, 0.29) is 17.5 Å². The van der Waals surface area contributed by atoms with Crippen LogP contribution in [0.1, 0.15) is 41.0 Å². The predicted molar refractivity (Wildman–Crippen MR) is 87.1 cm³/mol. The van der Waals surface area contributed by atoms with E-state index in [1.165, 1.54) is 0 Å². The lowest BCUT2D eigenvalue weighted by Gasteiger charge is -2.40.